The molecule has 0 aliphatic heterocycles. The van der Waals surface area contributed by atoms with Crippen LogP contribution in [0.1, 0.15) is 27.6 Å². The van der Waals surface area contributed by atoms with Gasteiger partial charge >= 0.3 is 0 Å². The molecule has 0 aromatic carbocycles. The number of carbonyl (C=O) groups is 1. The molecule has 1 amide bonds. The van der Waals surface area contributed by atoms with Crippen molar-refractivity contribution in [2.75, 3.05) is 0 Å². The molecule has 0 spiro atoms. The Balaban J connectivity index is 2.00. The first-order chi connectivity index (χ1) is 8.70. The molecule has 0 aliphatic rings. The van der Waals surface area contributed by atoms with Gasteiger partial charge in [-0.05, 0) is 24.6 Å². The lowest BCUT2D eigenvalue weighted by atomic mass is 10.2. The quantitative estimate of drug-likeness (QED) is 0.891. The standard InChI is InChI=1S/C13H13N3O2/c1-3-12-16-11(8-18-12)13(17)15-7-10-9(2)5-4-6-14-10/h3-6,8H,1,7H2,2H3,(H,15,17). The number of rotatable bonds is 4. The van der Waals surface area contributed by atoms with Crippen LogP contribution in [0, 0.1) is 6.92 Å². The fourth-order valence-electron chi connectivity index (χ4n) is 1.44. The maximum atomic E-state index is 11.8. The number of aromatic nitrogens is 2. The van der Waals surface area contributed by atoms with Crippen molar-refractivity contribution in [3.8, 4) is 0 Å². The highest BCUT2D eigenvalue weighted by Gasteiger charge is 2.11. The van der Waals surface area contributed by atoms with Gasteiger partial charge in [0, 0.05) is 6.20 Å². The number of hydrogen-bond donors (Lipinski definition) is 1. The van der Waals surface area contributed by atoms with Crippen LogP contribution >= 0.6 is 0 Å². The Bertz CT molecular complexity index is 575. The summed E-state index contributed by atoms with van der Waals surface area (Å²) in [6.07, 6.45) is 4.44. The monoisotopic (exact) mass is 243 g/mol. The summed E-state index contributed by atoms with van der Waals surface area (Å²) in [5, 5.41) is 2.74. The molecule has 0 atom stereocenters. The van der Waals surface area contributed by atoms with Crippen molar-refractivity contribution in [3.63, 3.8) is 0 Å². The predicted octanol–water partition coefficient (Wildman–Crippen LogP) is 1.95. The second-order valence-electron chi connectivity index (χ2n) is 3.72. The Morgan fingerprint density at radius 2 is 2.44 bits per heavy atom. The molecule has 18 heavy (non-hydrogen) atoms. The van der Waals surface area contributed by atoms with Gasteiger partial charge in [-0.25, -0.2) is 4.98 Å². The molecule has 0 fully saturated rings. The Morgan fingerprint density at radius 1 is 1.61 bits per heavy atom. The largest absolute Gasteiger partial charge is 0.444 e. The van der Waals surface area contributed by atoms with E-state index in [1.54, 1.807) is 6.20 Å². The topological polar surface area (TPSA) is 68.0 Å². The van der Waals surface area contributed by atoms with E-state index in [9.17, 15) is 4.79 Å². The Hall–Kier alpha value is -2.43. The van der Waals surface area contributed by atoms with Gasteiger partial charge in [0.25, 0.3) is 5.91 Å². The number of amides is 1. The molecule has 0 saturated heterocycles. The van der Waals surface area contributed by atoms with Crippen LogP contribution in [0.15, 0.2) is 35.6 Å². The summed E-state index contributed by atoms with van der Waals surface area (Å²) >= 11 is 0. The average Bonchev–Trinajstić information content (AvgIpc) is 2.86. The van der Waals surface area contributed by atoms with Gasteiger partial charge in [-0.2, -0.15) is 0 Å². The molecule has 2 rings (SSSR count). The summed E-state index contributed by atoms with van der Waals surface area (Å²) < 4.78 is 5.01. The van der Waals surface area contributed by atoms with E-state index < -0.39 is 0 Å². The van der Waals surface area contributed by atoms with Crippen molar-refractivity contribution in [1.29, 1.82) is 0 Å². The molecule has 5 heteroatoms. The molecule has 1 N–H and O–H groups in total. The van der Waals surface area contributed by atoms with E-state index in [-0.39, 0.29) is 11.6 Å². The van der Waals surface area contributed by atoms with E-state index in [4.69, 9.17) is 4.42 Å². The van der Waals surface area contributed by atoms with Crippen LogP contribution in [0.5, 0.6) is 0 Å². The zero-order chi connectivity index (χ0) is 13.0. The first kappa shape index (κ1) is 12.0. The zero-order valence-corrected chi connectivity index (χ0v) is 10.0. The van der Waals surface area contributed by atoms with Crippen molar-refractivity contribution in [3.05, 3.63) is 54.0 Å². The Labute approximate surface area is 105 Å². The third-order valence-corrected chi connectivity index (χ3v) is 2.46. The van der Waals surface area contributed by atoms with Crippen LogP contribution in [-0.4, -0.2) is 15.9 Å². The minimum atomic E-state index is -0.295. The number of hydrogen-bond acceptors (Lipinski definition) is 4. The predicted molar refractivity (Wildman–Crippen MR) is 66.7 cm³/mol. The number of oxazole rings is 1. The van der Waals surface area contributed by atoms with Gasteiger partial charge in [0.05, 0.1) is 12.2 Å². The van der Waals surface area contributed by atoms with Crippen LogP contribution in [0.3, 0.4) is 0 Å². The van der Waals surface area contributed by atoms with Gasteiger partial charge < -0.3 is 9.73 Å². The van der Waals surface area contributed by atoms with Gasteiger partial charge in [0.1, 0.15) is 6.26 Å². The summed E-state index contributed by atoms with van der Waals surface area (Å²) in [7, 11) is 0. The van der Waals surface area contributed by atoms with Crippen molar-refractivity contribution < 1.29 is 9.21 Å². The third-order valence-electron chi connectivity index (χ3n) is 2.46. The molecule has 92 valence electrons. The number of carbonyl (C=O) groups excluding carboxylic acids is 1. The molecule has 2 aromatic heterocycles. The number of nitrogens with zero attached hydrogens (tertiary/aromatic N) is 2. The maximum Gasteiger partial charge on any atom is 0.273 e. The minimum absolute atomic E-state index is 0.235. The van der Waals surface area contributed by atoms with Crippen LogP contribution in [-0.2, 0) is 6.54 Å². The number of pyridine rings is 1. The second-order valence-corrected chi connectivity index (χ2v) is 3.72. The zero-order valence-electron chi connectivity index (χ0n) is 10.0. The summed E-state index contributed by atoms with van der Waals surface area (Å²) in [5.74, 6) is 0.0334. The molecule has 0 saturated carbocycles. The summed E-state index contributed by atoms with van der Waals surface area (Å²) in [6, 6.07) is 3.80. The second kappa shape index (κ2) is 5.27. The summed E-state index contributed by atoms with van der Waals surface area (Å²) in [6.45, 7) is 5.82. The molecule has 5 nitrogen and oxygen atoms in total. The van der Waals surface area contributed by atoms with Crippen LogP contribution in [0.2, 0.25) is 0 Å². The molecule has 0 radical (unpaired) electrons. The minimum Gasteiger partial charge on any atom is -0.444 e. The number of nitrogens with one attached hydrogen (secondary N) is 1. The lowest BCUT2D eigenvalue weighted by Gasteiger charge is -2.04. The normalized spacial score (nSPS) is 10.1. The van der Waals surface area contributed by atoms with Gasteiger partial charge in [-0.15, -0.1) is 0 Å². The summed E-state index contributed by atoms with van der Waals surface area (Å²) in [4.78, 5) is 19.9. The van der Waals surface area contributed by atoms with E-state index in [2.05, 4.69) is 21.9 Å². The van der Waals surface area contributed by atoms with Crippen molar-refractivity contribution in [1.82, 2.24) is 15.3 Å². The lowest BCUT2D eigenvalue weighted by molar-refractivity contribution is 0.0945. The molecule has 2 aromatic rings. The van der Waals surface area contributed by atoms with Crippen molar-refractivity contribution >= 4 is 12.0 Å². The van der Waals surface area contributed by atoms with Crippen molar-refractivity contribution in [2.45, 2.75) is 13.5 Å². The first-order valence-electron chi connectivity index (χ1n) is 5.47. The fourth-order valence-corrected chi connectivity index (χ4v) is 1.44. The fraction of sp³-hybridized carbons (Fsp3) is 0.154. The first-order valence-corrected chi connectivity index (χ1v) is 5.47. The Morgan fingerprint density at radius 3 is 3.11 bits per heavy atom. The highest BCUT2D eigenvalue weighted by molar-refractivity contribution is 5.92. The average molecular weight is 243 g/mol. The van der Waals surface area contributed by atoms with Crippen molar-refractivity contribution in [2.24, 2.45) is 0 Å². The van der Waals surface area contributed by atoms with Gasteiger partial charge in [0.2, 0.25) is 5.89 Å². The van der Waals surface area contributed by atoms with E-state index in [0.717, 1.165) is 11.3 Å². The molecule has 2 heterocycles. The molecule has 0 aliphatic carbocycles. The van der Waals surface area contributed by atoms with Gasteiger partial charge in [-0.3, -0.25) is 9.78 Å². The van der Waals surface area contributed by atoms with E-state index in [1.807, 2.05) is 19.1 Å². The number of aryl methyl sites for hydroxylation is 1. The van der Waals surface area contributed by atoms with E-state index in [1.165, 1.54) is 12.3 Å². The molecular formula is C13H13N3O2. The third kappa shape index (κ3) is 2.63. The SMILES string of the molecule is C=Cc1nc(C(=O)NCc2ncccc2C)co1. The molecule has 0 unspecified atom stereocenters. The smallest absolute Gasteiger partial charge is 0.273 e. The molecule has 0 bridgehead atoms. The van der Waals surface area contributed by atoms with Crippen LogP contribution in [0.4, 0.5) is 0 Å². The van der Waals surface area contributed by atoms with E-state index in [0.29, 0.717) is 12.4 Å². The maximum absolute atomic E-state index is 11.8. The van der Waals surface area contributed by atoms with Gasteiger partial charge in [-0.1, -0.05) is 12.6 Å². The van der Waals surface area contributed by atoms with E-state index >= 15 is 0 Å². The summed E-state index contributed by atoms with van der Waals surface area (Å²) in [5.41, 5.74) is 2.10. The van der Waals surface area contributed by atoms with Crippen LogP contribution in [0.25, 0.3) is 6.08 Å². The molecular weight excluding hydrogens is 230 g/mol. The highest BCUT2D eigenvalue weighted by Crippen LogP contribution is 2.05. The Kier molecular flexibility index (Phi) is 3.52. The highest BCUT2D eigenvalue weighted by atomic mass is 16.3. The van der Waals surface area contributed by atoms with Gasteiger partial charge in [0.15, 0.2) is 5.69 Å². The van der Waals surface area contributed by atoms with Crippen LogP contribution < -0.4 is 5.32 Å². The lowest BCUT2D eigenvalue weighted by Crippen LogP contribution is -2.24.